The van der Waals surface area contributed by atoms with Crippen LogP contribution < -0.4 is 20.0 Å². The number of rotatable bonds is 7. The Morgan fingerprint density at radius 3 is 2.70 bits per heavy atom. The second kappa shape index (κ2) is 10.6. The zero-order chi connectivity index (χ0) is 28.1. The van der Waals surface area contributed by atoms with Crippen molar-refractivity contribution in [2.75, 3.05) is 49.2 Å². The lowest BCUT2D eigenvalue weighted by Crippen LogP contribution is -2.42. The molecule has 1 aromatic carbocycles. The fourth-order valence-corrected chi connectivity index (χ4v) is 6.57. The Morgan fingerprint density at radius 2 is 1.98 bits per heavy atom. The van der Waals surface area contributed by atoms with Crippen LogP contribution in [0.1, 0.15) is 39.2 Å². The van der Waals surface area contributed by atoms with Gasteiger partial charge in [0, 0.05) is 49.8 Å². The highest BCUT2D eigenvalue weighted by molar-refractivity contribution is 8.00. The van der Waals surface area contributed by atoms with E-state index in [2.05, 4.69) is 40.5 Å². The van der Waals surface area contributed by atoms with Crippen LogP contribution in [0.15, 0.2) is 29.3 Å². The molecule has 1 saturated heterocycles. The molecule has 9 nitrogen and oxygen atoms in total. The van der Waals surface area contributed by atoms with Crippen molar-refractivity contribution in [1.82, 2.24) is 24.0 Å². The average molecular weight is 566 g/mol. The van der Waals surface area contributed by atoms with E-state index in [1.165, 1.54) is 6.07 Å². The predicted molar refractivity (Wildman–Crippen MR) is 161 cm³/mol. The van der Waals surface area contributed by atoms with E-state index in [0.29, 0.717) is 39.3 Å². The van der Waals surface area contributed by atoms with Crippen LogP contribution >= 0.6 is 11.9 Å². The van der Waals surface area contributed by atoms with Gasteiger partial charge in [-0.2, -0.15) is 0 Å². The van der Waals surface area contributed by atoms with Crippen molar-refractivity contribution in [3.8, 4) is 16.9 Å². The molecular formula is C29H36FN7O2S. The lowest BCUT2D eigenvalue weighted by atomic mass is 10.0. The number of aromatic nitrogens is 4. The average Bonchev–Trinajstić information content (AvgIpc) is 3.10. The molecule has 0 radical (unpaired) electrons. The van der Waals surface area contributed by atoms with Gasteiger partial charge in [-0.25, -0.2) is 14.2 Å². The van der Waals surface area contributed by atoms with E-state index in [1.807, 2.05) is 13.0 Å². The Labute approximate surface area is 237 Å². The van der Waals surface area contributed by atoms with E-state index in [0.717, 1.165) is 55.1 Å². The van der Waals surface area contributed by atoms with Crippen LogP contribution in [-0.2, 0) is 7.05 Å². The van der Waals surface area contributed by atoms with Crippen molar-refractivity contribution in [3.05, 3.63) is 40.8 Å². The topological polar surface area (TPSA) is 80.4 Å². The molecule has 1 fully saturated rings. The van der Waals surface area contributed by atoms with E-state index < -0.39 is 5.82 Å². The van der Waals surface area contributed by atoms with Gasteiger partial charge in [0.1, 0.15) is 18.2 Å². The Bertz CT molecular complexity index is 1640. The Kier molecular flexibility index (Phi) is 7.12. The highest BCUT2D eigenvalue weighted by Crippen LogP contribution is 2.45. The lowest BCUT2D eigenvalue weighted by Gasteiger charge is -2.36. The van der Waals surface area contributed by atoms with Gasteiger partial charge in [-0.15, -0.1) is 0 Å². The smallest absolute Gasteiger partial charge is 0.329 e. The second-order valence-electron chi connectivity index (χ2n) is 11.0. The first-order chi connectivity index (χ1) is 19.3. The largest absolute Gasteiger partial charge is 0.490 e. The van der Waals surface area contributed by atoms with Crippen molar-refractivity contribution in [3.63, 3.8) is 0 Å². The third-order valence-corrected chi connectivity index (χ3v) is 9.14. The van der Waals surface area contributed by atoms with Gasteiger partial charge in [0.05, 0.1) is 45.4 Å². The maximum absolute atomic E-state index is 15.9. The van der Waals surface area contributed by atoms with Crippen LogP contribution in [0.4, 0.5) is 15.9 Å². The van der Waals surface area contributed by atoms with Gasteiger partial charge in [0.15, 0.2) is 5.82 Å². The molecule has 6 rings (SSSR count). The van der Waals surface area contributed by atoms with Crippen molar-refractivity contribution >= 4 is 45.4 Å². The fraction of sp³-hybridized carbons (Fsp3) is 0.483. The Balaban J connectivity index is 1.50. The van der Waals surface area contributed by atoms with E-state index in [9.17, 15) is 4.79 Å². The summed E-state index contributed by atoms with van der Waals surface area (Å²) in [5.74, 6) is 1.80. The van der Waals surface area contributed by atoms with Crippen LogP contribution in [0.25, 0.3) is 33.1 Å². The summed E-state index contributed by atoms with van der Waals surface area (Å²) in [6.07, 6.45) is 6.54. The lowest BCUT2D eigenvalue weighted by molar-refractivity contribution is 0.249. The molecule has 0 aliphatic carbocycles. The molecule has 1 unspecified atom stereocenters. The number of nitrogens with zero attached hydrogens (tertiary/aromatic N) is 6. The molecule has 4 aromatic rings. The summed E-state index contributed by atoms with van der Waals surface area (Å²) < 4.78 is 29.1. The highest BCUT2D eigenvalue weighted by Gasteiger charge is 2.29. The van der Waals surface area contributed by atoms with Crippen LogP contribution in [0.2, 0.25) is 0 Å². The summed E-state index contributed by atoms with van der Waals surface area (Å²) in [6.45, 7) is 6.15. The highest BCUT2D eigenvalue weighted by atomic mass is 32.2. The van der Waals surface area contributed by atoms with Crippen molar-refractivity contribution in [2.45, 2.75) is 45.2 Å². The Morgan fingerprint density at radius 1 is 1.20 bits per heavy atom. The normalized spacial score (nSPS) is 17.7. The molecule has 1 N–H and O–H groups in total. The first kappa shape index (κ1) is 26.9. The van der Waals surface area contributed by atoms with Gasteiger partial charge < -0.3 is 19.3 Å². The number of piperidine rings is 1. The van der Waals surface area contributed by atoms with Crippen LogP contribution in [0.3, 0.4) is 0 Å². The molecule has 1 atom stereocenters. The standard InChI is InChI=1S/C29H36FN7O2S/c1-6-11-40-33-22-12-18(14-32-28(22)36-9-7-19(8-10-36)34(3)4)24-20(30)13-21-25-26-23(15-31-21)35(5)29(38)37(26)17(2)16-39-27(24)25/h12-15,17,19,33H,6-11,16H2,1-5H3. The van der Waals surface area contributed by atoms with Crippen molar-refractivity contribution in [1.29, 1.82) is 0 Å². The number of ether oxygens (including phenoxy) is 1. The predicted octanol–water partition coefficient (Wildman–Crippen LogP) is 5.04. The van der Waals surface area contributed by atoms with Gasteiger partial charge in [-0.1, -0.05) is 18.9 Å². The van der Waals surface area contributed by atoms with E-state index in [1.54, 1.807) is 40.5 Å². The molecule has 0 saturated carbocycles. The first-order valence-corrected chi connectivity index (χ1v) is 14.9. The summed E-state index contributed by atoms with van der Waals surface area (Å²) in [6, 6.07) is 3.75. The number of benzene rings is 1. The number of anilines is 2. The maximum Gasteiger partial charge on any atom is 0.329 e. The first-order valence-electron chi connectivity index (χ1n) is 13.9. The fourth-order valence-electron chi connectivity index (χ4n) is 5.96. The van der Waals surface area contributed by atoms with Gasteiger partial charge in [-0.3, -0.25) is 14.1 Å². The third kappa shape index (κ3) is 4.39. The van der Waals surface area contributed by atoms with Crippen LogP contribution in [-0.4, -0.2) is 69.6 Å². The molecule has 212 valence electrons. The minimum Gasteiger partial charge on any atom is -0.490 e. The number of hydrogen-bond acceptors (Lipinski definition) is 8. The number of imidazole rings is 1. The zero-order valence-electron chi connectivity index (χ0n) is 23.7. The Hall–Kier alpha value is -3.31. The molecule has 2 aliphatic rings. The van der Waals surface area contributed by atoms with Crippen molar-refractivity contribution in [2.24, 2.45) is 7.05 Å². The molecule has 2 aliphatic heterocycles. The van der Waals surface area contributed by atoms with Crippen LogP contribution in [0, 0.1) is 5.82 Å². The minimum atomic E-state index is -0.428. The van der Waals surface area contributed by atoms with E-state index in [-0.39, 0.29) is 18.3 Å². The van der Waals surface area contributed by atoms with Gasteiger partial charge >= 0.3 is 5.69 Å². The number of halogens is 1. The summed E-state index contributed by atoms with van der Waals surface area (Å²) in [5, 5.41) is 0.653. The molecule has 5 heterocycles. The third-order valence-electron chi connectivity index (χ3n) is 8.16. The number of hydrogen-bond donors (Lipinski definition) is 1. The molecule has 11 heteroatoms. The molecule has 3 aromatic heterocycles. The zero-order valence-corrected chi connectivity index (χ0v) is 24.5. The summed E-state index contributed by atoms with van der Waals surface area (Å²) >= 11 is 1.63. The monoisotopic (exact) mass is 565 g/mol. The number of aryl methyl sites for hydroxylation is 1. The summed E-state index contributed by atoms with van der Waals surface area (Å²) in [7, 11) is 6.01. The minimum absolute atomic E-state index is 0.136. The van der Waals surface area contributed by atoms with E-state index in [4.69, 9.17) is 9.72 Å². The van der Waals surface area contributed by atoms with Gasteiger partial charge in [0.2, 0.25) is 0 Å². The van der Waals surface area contributed by atoms with Crippen LogP contribution in [0.5, 0.6) is 5.75 Å². The van der Waals surface area contributed by atoms with Gasteiger partial charge in [-0.05, 0) is 46.3 Å². The molecule has 40 heavy (non-hydrogen) atoms. The molecular weight excluding hydrogens is 529 g/mol. The maximum atomic E-state index is 15.9. The second-order valence-corrected chi connectivity index (χ2v) is 11.9. The SMILES string of the molecule is CCCSNc1cc(-c2c(F)cc3ncc4c5c3c2OCC(C)n5c(=O)n4C)cnc1N1CCC(N(C)C)CC1. The van der Waals surface area contributed by atoms with E-state index >= 15 is 4.39 Å². The summed E-state index contributed by atoms with van der Waals surface area (Å²) in [5.41, 5.74) is 3.57. The molecule has 0 spiro atoms. The summed E-state index contributed by atoms with van der Waals surface area (Å²) in [4.78, 5) is 27.1. The molecule has 0 bridgehead atoms. The van der Waals surface area contributed by atoms with Crippen molar-refractivity contribution < 1.29 is 9.13 Å². The number of pyridine rings is 2. The number of nitrogens with one attached hydrogen (secondary N) is 1. The molecule has 0 amide bonds. The van der Waals surface area contributed by atoms with Gasteiger partial charge in [0.25, 0.3) is 0 Å². The quantitative estimate of drug-likeness (QED) is 0.247.